The number of guanidine groups is 3. The van der Waals surface area contributed by atoms with Gasteiger partial charge in [-0.15, -0.1) is 11.8 Å². The number of carbonyl (C=O) groups excluding carboxylic acids is 13. The average molecular weight is 1520 g/mol. The minimum Gasteiger partial charge on any atom is -0.497 e. The van der Waals surface area contributed by atoms with Crippen LogP contribution in [0.4, 0.5) is 0 Å². The summed E-state index contributed by atoms with van der Waals surface area (Å²) in [6.45, 7) is 1.96. The van der Waals surface area contributed by atoms with E-state index in [1.54, 1.807) is 68.4 Å². The van der Waals surface area contributed by atoms with E-state index < -0.39 is 168 Å². The highest BCUT2D eigenvalue weighted by atomic mass is 32.2. The lowest BCUT2D eigenvalue weighted by atomic mass is 10.00. The van der Waals surface area contributed by atoms with E-state index in [0.717, 1.165) is 11.8 Å². The molecule has 0 radical (unpaired) electrons. The summed E-state index contributed by atoms with van der Waals surface area (Å²) in [5.41, 5.74) is 46.1. The van der Waals surface area contributed by atoms with Crippen LogP contribution in [0.5, 0.6) is 5.75 Å². The second-order valence-electron chi connectivity index (χ2n) is 25.9. The summed E-state index contributed by atoms with van der Waals surface area (Å²) in [6.07, 6.45) is -1.05. The molecule has 0 saturated carbocycles. The number of nitrogens with one attached hydrogen (secondary N) is 11. The number of fused-ring (bicyclic) bond motifs is 1. The van der Waals surface area contributed by atoms with E-state index in [1.807, 2.05) is 0 Å². The third-order valence-corrected chi connectivity index (χ3v) is 17.8. The summed E-state index contributed by atoms with van der Waals surface area (Å²) in [5.74, 6) is -15.0. The molecule has 2 aromatic rings. The fourth-order valence-electron chi connectivity index (χ4n) is 11.3. The number of aliphatic imine (C=N–C) groups is 3. The van der Waals surface area contributed by atoms with Crippen LogP contribution >= 0.6 is 11.8 Å². The number of unbranched alkanes of at least 4 members (excludes halogenated alkanes) is 1. The van der Waals surface area contributed by atoms with Crippen LogP contribution in [0.15, 0.2) is 69.6 Å². The fourth-order valence-corrected chi connectivity index (χ4v) is 12.2. The number of amides is 13. The number of methoxy groups -OCH3 is 1. The topological polar surface area (TPSA) is 649 Å². The van der Waals surface area contributed by atoms with Gasteiger partial charge in [-0.25, -0.2) is 0 Å². The molecule has 2 heterocycles. The van der Waals surface area contributed by atoms with Gasteiger partial charge in [-0.05, 0) is 113 Å². The molecule has 0 bridgehead atoms. The van der Waals surface area contributed by atoms with E-state index in [0.29, 0.717) is 23.3 Å². The Labute approximate surface area is 623 Å². The molecule has 2 aliphatic rings. The molecule has 40 heteroatoms. The van der Waals surface area contributed by atoms with Crippen molar-refractivity contribution < 1.29 is 77.0 Å². The van der Waals surface area contributed by atoms with Gasteiger partial charge in [0.15, 0.2) is 17.9 Å². The number of ether oxygens (including phenoxy) is 1. The van der Waals surface area contributed by atoms with Crippen molar-refractivity contribution >= 4 is 112 Å². The van der Waals surface area contributed by atoms with Crippen LogP contribution in [0.3, 0.4) is 0 Å². The first kappa shape index (κ1) is 88.3. The number of nitrogens with zero attached hydrogens (tertiary/aromatic N) is 4. The van der Waals surface area contributed by atoms with Crippen LogP contribution in [0.2, 0.25) is 0 Å². The summed E-state index contributed by atoms with van der Waals surface area (Å²) in [4.78, 5) is 210. The van der Waals surface area contributed by atoms with E-state index in [2.05, 4.69) is 73.5 Å². The Morgan fingerprint density at radius 2 is 0.981 bits per heavy atom. The van der Waals surface area contributed by atoms with Gasteiger partial charge in [-0.1, -0.05) is 56.3 Å². The number of primary amides is 1. The Hall–Kier alpha value is -11.1. The third-order valence-electron chi connectivity index (χ3n) is 16.7. The maximum atomic E-state index is 15.1. The highest BCUT2D eigenvalue weighted by molar-refractivity contribution is 8.00. The second-order valence-corrected chi connectivity index (χ2v) is 26.9. The van der Waals surface area contributed by atoms with Crippen molar-refractivity contribution in [2.24, 2.45) is 66.8 Å². The molecular formula is C67H105N23O16S. The fraction of sp³-hybridized carbons (Fsp3) is 0.567. The van der Waals surface area contributed by atoms with Crippen molar-refractivity contribution in [1.29, 1.82) is 0 Å². The van der Waals surface area contributed by atoms with Gasteiger partial charge in [0, 0.05) is 44.8 Å². The molecule has 2 aliphatic heterocycles. The molecule has 107 heavy (non-hydrogen) atoms. The minimum absolute atomic E-state index is 0.0136. The molecular weight excluding hydrogens is 1410 g/mol. The molecule has 2 saturated heterocycles. The number of hydrogen-bond donors (Lipinski definition) is 20. The lowest BCUT2D eigenvalue weighted by molar-refractivity contribution is -0.143. The van der Waals surface area contributed by atoms with Crippen LogP contribution in [-0.4, -0.2) is 235 Å². The minimum atomic E-state index is -1.92. The molecule has 0 spiro atoms. The second kappa shape index (κ2) is 46.7. The van der Waals surface area contributed by atoms with E-state index in [1.165, 1.54) is 12.0 Å². The maximum Gasteiger partial charge on any atom is 0.305 e. The standard InChI is InChI=1S/C67H105N23O16S/c1-37(2)29-45-59(100)84-43(17-10-26-77-66(72)73)58(99)88-47(30-38-13-5-4-6-14-38)61(102)86-44(18-11-27-78-67(74)75)64(105)90-28-12-19-50(90)63(104)85-42(15-7-8-24-68)57(98)89-48(32-54(94)95)62(103)83-41(16-9-25-76-65(70)71)56(97)80-33-51(91)79-34-52(92)82-49(55(69)96)35-107-36-53(93)81-46(60(101)87-45)31-39-20-22-40(106-3)23-21-39/h4-6,13-14,20-23,37,41-50H,7-12,15-19,24-36,68H2,1-3H3,(H2,69,96)(H,79,91)(H,80,97)(H,81,93)(H,82,92)(H,83,103)(H,84,100)(H,85,104)(H,86,102)(H,87,101)(H,88,99)(H,89,98)(H,94,95)(H4,70,71,76)(H4,72,73,77)(H4,74,75,78)/t41-,42-,43-,44-,45-,46-,47-,48-,49-,50-/m0/s1. The third kappa shape index (κ3) is 33.3. The molecule has 13 amide bonds. The van der Waals surface area contributed by atoms with Gasteiger partial charge in [-0.2, -0.15) is 0 Å². The monoisotopic (exact) mass is 1520 g/mol. The van der Waals surface area contributed by atoms with Crippen molar-refractivity contribution in [3.8, 4) is 5.75 Å². The van der Waals surface area contributed by atoms with Gasteiger partial charge < -0.3 is 119 Å². The summed E-state index contributed by atoms with van der Waals surface area (Å²) in [7, 11) is 1.46. The Kier molecular flexibility index (Phi) is 38.6. The van der Waals surface area contributed by atoms with Crippen molar-refractivity contribution in [3.63, 3.8) is 0 Å². The van der Waals surface area contributed by atoms with Crippen LogP contribution in [0.25, 0.3) is 0 Å². The highest BCUT2D eigenvalue weighted by Crippen LogP contribution is 2.22. The van der Waals surface area contributed by atoms with E-state index in [4.69, 9.17) is 50.6 Å². The first-order valence-electron chi connectivity index (χ1n) is 35.1. The summed E-state index contributed by atoms with van der Waals surface area (Å²) < 4.78 is 5.31. The molecule has 0 aromatic heterocycles. The quantitative estimate of drug-likeness (QED) is 0.0236. The predicted molar refractivity (Wildman–Crippen MR) is 396 cm³/mol. The Morgan fingerprint density at radius 1 is 0.523 bits per heavy atom. The SMILES string of the molecule is COc1ccc(C[C@@H]2NC(=O)CSC[C@@H](C(N)=O)NC(=O)CNC(=O)CNC(=O)[C@H](CCCN=C(N)N)NC(=O)[C@H](CC(=O)O)NC(=O)[C@H](CCCCN)NC(=O)[C@@H]3CCCN3C(=O)[C@H](CCCN=C(N)N)NC(=O)[C@H](Cc3ccccc3)NC(=O)[C@H](CCCN=C(N)N)NC(=O)[C@H](CC(C)C)NC2=O)cc1. The zero-order valence-electron chi connectivity index (χ0n) is 60.4. The van der Waals surface area contributed by atoms with Gasteiger partial charge in [0.2, 0.25) is 76.8 Å². The molecule has 2 fully saturated rings. The van der Waals surface area contributed by atoms with Crippen LogP contribution in [0, 0.1) is 5.92 Å². The van der Waals surface area contributed by atoms with Crippen molar-refractivity contribution in [2.45, 2.75) is 171 Å². The number of nitrogens with two attached hydrogens (primary N) is 8. The van der Waals surface area contributed by atoms with Gasteiger partial charge in [-0.3, -0.25) is 82.1 Å². The van der Waals surface area contributed by atoms with E-state index >= 15 is 9.59 Å². The smallest absolute Gasteiger partial charge is 0.305 e. The van der Waals surface area contributed by atoms with Crippen LogP contribution in [-0.2, 0) is 80.0 Å². The molecule has 10 atom stereocenters. The summed E-state index contributed by atoms with van der Waals surface area (Å²) in [6, 6.07) is 0.126. The van der Waals surface area contributed by atoms with Gasteiger partial charge in [0.1, 0.15) is 66.2 Å². The van der Waals surface area contributed by atoms with Crippen LogP contribution in [0.1, 0.15) is 108 Å². The van der Waals surface area contributed by atoms with Crippen molar-refractivity contribution in [2.75, 3.05) is 64.4 Å². The molecule has 39 nitrogen and oxygen atoms in total. The molecule has 4 rings (SSSR count). The number of carbonyl (C=O) groups is 14. The predicted octanol–water partition coefficient (Wildman–Crippen LogP) is -6.89. The Balaban J connectivity index is 1.86. The first-order chi connectivity index (χ1) is 50.9. The Bertz CT molecular complexity index is 3450. The van der Waals surface area contributed by atoms with E-state index in [-0.39, 0.29) is 146 Å². The average Bonchev–Trinajstić information content (AvgIpc) is 1.75. The van der Waals surface area contributed by atoms with Gasteiger partial charge in [0.25, 0.3) is 0 Å². The number of thioether (sulfide) groups is 1. The lowest BCUT2D eigenvalue weighted by Gasteiger charge is -2.31. The number of carboxylic acids is 1. The molecule has 0 aliphatic carbocycles. The highest BCUT2D eigenvalue weighted by Gasteiger charge is 2.41. The number of hydrogen-bond acceptors (Lipinski definition) is 20. The van der Waals surface area contributed by atoms with Crippen molar-refractivity contribution in [1.82, 2.24) is 63.4 Å². The van der Waals surface area contributed by atoms with Crippen LogP contribution < -0.4 is 109 Å². The Morgan fingerprint density at radius 3 is 1.51 bits per heavy atom. The lowest BCUT2D eigenvalue weighted by Crippen LogP contribution is -2.60. The molecule has 28 N–H and O–H groups in total. The maximum absolute atomic E-state index is 15.1. The zero-order chi connectivity index (χ0) is 79.1. The molecule has 590 valence electrons. The largest absolute Gasteiger partial charge is 0.497 e. The molecule has 2 aromatic carbocycles. The number of benzene rings is 2. The number of aliphatic carboxylic acids is 1. The molecule has 0 unspecified atom stereocenters. The van der Waals surface area contributed by atoms with Gasteiger partial charge in [0.05, 0.1) is 32.4 Å². The number of carboxylic acid groups (broad SMARTS) is 1. The number of rotatable bonds is 26. The zero-order valence-corrected chi connectivity index (χ0v) is 61.2. The normalized spacial score (nSPS) is 22.9. The summed E-state index contributed by atoms with van der Waals surface area (Å²) in [5, 5.41) is 38.2. The summed E-state index contributed by atoms with van der Waals surface area (Å²) >= 11 is 0.830. The van der Waals surface area contributed by atoms with E-state index in [9.17, 15) is 62.6 Å². The van der Waals surface area contributed by atoms with Crippen molar-refractivity contribution in [3.05, 3.63) is 65.7 Å². The first-order valence-corrected chi connectivity index (χ1v) is 36.2. The van der Waals surface area contributed by atoms with Gasteiger partial charge >= 0.3 is 5.97 Å².